The Kier molecular flexibility index (Phi) is 3.63. The van der Waals surface area contributed by atoms with Crippen LogP contribution in [0.15, 0.2) is 42.5 Å². The van der Waals surface area contributed by atoms with Gasteiger partial charge in [-0.05, 0) is 35.9 Å². The van der Waals surface area contributed by atoms with Crippen molar-refractivity contribution in [2.24, 2.45) is 0 Å². The van der Waals surface area contributed by atoms with Crippen LogP contribution < -0.4 is 0 Å². The fraction of sp³-hybridized carbons (Fsp3) is 0.0714. The molecule has 0 atom stereocenters. The molecule has 0 spiro atoms. The Morgan fingerprint density at radius 3 is 2.67 bits per heavy atom. The van der Waals surface area contributed by atoms with E-state index in [0.717, 1.165) is 0 Å². The molecule has 0 amide bonds. The zero-order chi connectivity index (χ0) is 13.1. The molecular formula is C14H10ClFO2. The fourth-order valence-electron chi connectivity index (χ4n) is 1.65. The van der Waals surface area contributed by atoms with Crippen molar-refractivity contribution in [2.75, 3.05) is 7.11 Å². The third-order valence-electron chi connectivity index (χ3n) is 2.52. The number of halogens is 2. The standard InChI is InChI=1S/C14H10ClFO2/c1-18-14(17)10-5-6-13(16)12(8-10)9-3-2-4-11(15)7-9/h2-8H,1H3. The lowest BCUT2D eigenvalue weighted by Crippen LogP contribution is -2.01. The van der Waals surface area contributed by atoms with Gasteiger partial charge in [0.25, 0.3) is 0 Å². The molecule has 0 aromatic heterocycles. The number of benzene rings is 2. The second kappa shape index (κ2) is 5.19. The number of carbonyl (C=O) groups excluding carboxylic acids is 1. The first-order valence-electron chi connectivity index (χ1n) is 5.25. The van der Waals surface area contributed by atoms with Gasteiger partial charge < -0.3 is 4.74 Å². The van der Waals surface area contributed by atoms with Gasteiger partial charge in [0.05, 0.1) is 12.7 Å². The molecule has 0 saturated carbocycles. The van der Waals surface area contributed by atoms with Crippen molar-refractivity contribution in [2.45, 2.75) is 0 Å². The summed E-state index contributed by atoms with van der Waals surface area (Å²) in [5, 5.41) is 0.510. The average Bonchev–Trinajstić information content (AvgIpc) is 2.38. The predicted molar refractivity (Wildman–Crippen MR) is 68.2 cm³/mol. The van der Waals surface area contributed by atoms with Gasteiger partial charge in [-0.3, -0.25) is 0 Å². The van der Waals surface area contributed by atoms with Gasteiger partial charge in [-0.1, -0.05) is 23.7 Å². The molecule has 18 heavy (non-hydrogen) atoms. The van der Waals surface area contributed by atoms with E-state index in [1.165, 1.54) is 25.3 Å². The number of ether oxygens (including phenoxy) is 1. The number of esters is 1. The van der Waals surface area contributed by atoms with Crippen LogP contribution >= 0.6 is 11.6 Å². The minimum Gasteiger partial charge on any atom is -0.465 e. The average molecular weight is 265 g/mol. The Morgan fingerprint density at radius 2 is 2.00 bits per heavy atom. The summed E-state index contributed by atoms with van der Waals surface area (Å²) in [5.74, 6) is -0.914. The van der Waals surface area contributed by atoms with Gasteiger partial charge >= 0.3 is 5.97 Å². The molecule has 4 heteroatoms. The van der Waals surface area contributed by atoms with E-state index in [9.17, 15) is 9.18 Å². The zero-order valence-electron chi connectivity index (χ0n) is 9.61. The molecule has 2 aromatic rings. The van der Waals surface area contributed by atoms with E-state index >= 15 is 0 Å². The molecule has 0 radical (unpaired) electrons. The fourth-order valence-corrected chi connectivity index (χ4v) is 1.84. The van der Waals surface area contributed by atoms with Crippen molar-refractivity contribution in [3.05, 3.63) is 58.9 Å². The van der Waals surface area contributed by atoms with Gasteiger partial charge in [-0.25, -0.2) is 9.18 Å². The summed E-state index contributed by atoms with van der Waals surface area (Å²) in [6.45, 7) is 0. The minimum atomic E-state index is -0.502. The molecule has 0 heterocycles. The van der Waals surface area contributed by atoms with Crippen LogP contribution in [0.3, 0.4) is 0 Å². The topological polar surface area (TPSA) is 26.3 Å². The molecular weight excluding hydrogens is 255 g/mol. The molecule has 0 aliphatic rings. The predicted octanol–water partition coefficient (Wildman–Crippen LogP) is 3.93. The molecule has 0 aliphatic heterocycles. The zero-order valence-corrected chi connectivity index (χ0v) is 10.4. The normalized spacial score (nSPS) is 10.2. The van der Waals surface area contributed by atoms with Crippen LogP contribution in [0.4, 0.5) is 4.39 Å². The number of carbonyl (C=O) groups is 1. The van der Waals surface area contributed by atoms with Crippen LogP contribution in [0.1, 0.15) is 10.4 Å². The van der Waals surface area contributed by atoms with Crippen LogP contribution in [0.2, 0.25) is 5.02 Å². The smallest absolute Gasteiger partial charge is 0.337 e. The van der Waals surface area contributed by atoms with E-state index in [1.807, 2.05) is 0 Å². The lowest BCUT2D eigenvalue weighted by Gasteiger charge is -2.06. The Morgan fingerprint density at radius 1 is 1.22 bits per heavy atom. The van der Waals surface area contributed by atoms with E-state index in [2.05, 4.69) is 4.74 Å². The Balaban J connectivity index is 2.53. The highest BCUT2D eigenvalue weighted by Crippen LogP contribution is 2.26. The lowest BCUT2D eigenvalue weighted by atomic mass is 10.0. The Labute approximate surface area is 109 Å². The second-order valence-electron chi connectivity index (χ2n) is 3.70. The van der Waals surface area contributed by atoms with E-state index in [4.69, 9.17) is 11.6 Å². The van der Waals surface area contributed by atoms with Crippen molar-refractivity contribution >= 4 is 17.6 Å². The summed E-state index contributed by atoms with van der Waals surface area (Å²) in [6, 6.07) is 10.9. The monoisotopic (exact) mass is 264 g/mol. The first kappa shape index (κ1) is 12.6. The summed E-state index contributed by atoms with van der Waals surface area (Å²) >= 11 is 5.86. The maximum atomic E-state index is 13.8. The summed E-state index contributed by atoms with van der Waals surface area (Å²) in [4.78, 5) is 11.4. The third-order valence-corrected chi connectivity index (χ3v) is 2.76. The highest BCUT2D eigenvalue weighted by Gasteiger charge is 2.11. The maximum Gasteiger partial charge on any atom is 0.337 e. The Hall–Kier alpha value is -1.87. The van der Waals surface area contributed by atoms with Gasteiger partial charge in [0.1, 0.15) is 5.82 Å². The second-order valence-corrected chi connectivity index (χ2v) is 4.13. The summed E-state index contributed by atoms with van der Waals surface area (Å²) in [5.41, 5.74) is 1.24. The van der Waals surface area contributed by atoms with Crippen molar-refractivity contribution in [3.8, 4) is 11.1 Å². The molecule has 2 aromatic carbocycles. The van der Waals surface area contributed by atoms with Crippen LogP contribution in [-0.4, -0.2) is 13.1 Å². The maximum absolute atomic E-state index is 13.8. The van der Waals surface area contributed by atoms with Gasteiger partial charge in [-0.2, -0.15) is 0 Å². The van der Waals surface area contributed by atoms with Crippen LogP contribution in [0.5, 0.6) is 0 Å². The van der Waals surface area contributed by atoms with Crippen molar-refractivity contribution in [3.63, 3.8) is 0 Å². The quantitative estimate of drug-likeness (QED) is 0.768. The number of methoxy groups -OCH3 is 1. The molecule has 2 rings (SSSR count). The number of hydrogen-bond acceptors (Lipinski definition) is 2. The van der Waals surface area contributed by atoms with Crippen molar-refractivity contribution < 1.29 is 13.9 Å². The van der Waals surface area contributed by atoms with E-state index in [1.54, 1.807) is 24.3 Å². The van der Waals surface area contributed by atoms with E-state index < -0.39 is 11.8 Å². The van der Waals surface area contributed by atoms with Gasteiger partial charge in [0.2, 0.25) is 0 Å². The van der Waals surface area contributed by atoms with Crippen molar-refractivity contribution in [1.82, 2.24) is 0 Å². The van der Waals surface area contributed by atoms with Crippen LogP contribution in [0.25, 0.3) is 11.1 Å². The van der Waals surface area contributed by atoms with E-state index in [0.29, 0.717) is 21.7 Å². The first-order valence-corrected chi connectivity index (χ1v) is 5.63. The van der Waals surface area contributed by atoms with Gasteiger partial charge in [0, 0.05) is 10.6 Å². The van der Waals surface area contributed by atoms with Crippen LogP contribution in [-0.2, 0) is 4.74 Å². The highest BCUT2D eigenvalue weighted by atomic mass is 35.5. The molecule has 0 saturated heterocycles. The van der Waals surface area contributed by atoms with E-state index in [-0.39, 0.29) is 0 Å². The largest absolute Gasteiger partial charge is 0.465 e. The molecule has 2 nitrogen and oxygen atoms in total. The molecule has 0 unspecified atom stereocenters. The minimum absolute atomic E-state index is 0.300. The summed E-state index contributed by atoms with van der Waals surface area (Å²) in [6.07, 6.45) is 0. The molecule has 0 N–H and O–H groups in total. The third kappa shape index (κ3) is 2.51. The summed E-state index contributed by atoms with van der Waals surface area (Å²) in [7, 11) is 1.28. The molecule has 0 aliphatic carbocycles. The summed E-state index contributed by atoms with van der Waals surface area (Å²) < 4.78 is 18.4. The highest BCUT2D eigenvalue weighted by molar-refractivity contribution is 6.30. The van der Waals surface area contributed by atoms with Gasteiger partial charge in [-0.15, -0.1) is 0 Å². The van der Waals surface area contributed by atoms with Crippen molar-refractivity contribution in [1.29, 1.82) is 0 Å². The SMILES string of the molecule is COC(=O)c1ccc(F)c(-c2cccc(Cl)c2)c1. The molecule has 0 fully saturated rings. The number of hydrogen-bond donors (Lipinski definition) is 0. The van der Waals surface area contributed by atoms with Crippen LogP contribution in [0, 0.1) is 5.82 Å². The molecule has 92 valence electrons. The number of rotatable bonds is 2. The first-order chi connectivity index (χ1) is 8.61. The van der Waals surface area contributed by atoms with Gasteiger partial charge in [0.15, 0.2) is 0 Å². The Bertz CT molecular complexity index is 596. The molecule has 0 bridgehead atoms. The lowest BCUT2D eigenvalue weighted by molar-refractivity contribution is 0.0600.